The van der Waals surface area contributed by atoms with Crippen molar-refractivity contribution in [1.82, 2.24) is 5.32 Å². The first kappa shape index (κ1) is 33.9. The van der Waals surface area contributed by atoms with Gasteiger partial charge in [0.2, 0.25) is 0 Å². The van der Waals surface area contributed by atoms with Crippen molar-refractivity contribution < 1.29 is 43.2 Å². The Morgan fingerprint density at radius 2 is 1.38 bits per heavy atom. The molecule has 0 saturated carbocycles. The minimum Gasteiger partial charge on any atom is -0.480 e. The van der Waals surface area contributed by atoms with E-state index in [1.165, 1.54) is 12.1 Å². The Bertz CT molecular complexity index is 918. The van der Waals surface area contributed by atoms with E-state index in [0.29, 0.717) is 24.8 Å². The van der Waals surface area contributed by atoms with E-state index in [1.54, 1.807) is 19.9 Å². The molecule has 0 bridgehead atoms. The molecule has 0 aliphatic rings. The van der Waals surface area contributed by atoms with Crippen molar-refractivity contribution >= 4 is 24.1 Å². The van der Waals surface area contributed by atoms with Gasteiger partial charge in [0.25, 0.3) is 0 Å². The molecular weight excluding hydrogens is 506 g/mol. The molecule has 0 aliphatic heterocycles. The van der Waals surface area contributed by atoms with Crippen LogP contribution in [0.3, 0.4) is 0 Å². The summed E-state index contributed by atoms with van der Waals surface area (Å²) in [5.74, 6) is -1.79. The summed E-state index contributed by atoms with van der Waals surface area (Å²) in [6.07, 6.45) is 4.53. The van der Waals surface area contributed by atoms with Crippen LogP contribution < -0.4 is 14.8 Å². The van der Waals surface area contributed by atoms with Crippen LogP contribution in [-0.2, 0) is 30.3 Å². The fraction of sp³-hybridized carbons (Fsp3) is 0.655. The zero-order chi connectivity index (χ0) is 29.2. The number of benzene rings is 1. The molecule has 10 nitrogen and oxygen atoms in total. The Labute approximate surface area is 231 Å². The Kier molecular flexibility index (Phi) is 16.5. The fourth-order valence-electron chi connectivity index (χ4n) is 3.50. The number of hydrogen-bond acceptors (Lipinski definition) is 9. The van der Waals surface area contributed by atoms with Gasteiger partial charge in [-0.05, 0) is 57.2 Å². The summed E-state index contributed by atoms with van der Waals surface area (Å²) >= 11 is 0. The molecule has 0 aliphatic carbocycles. The normalized spacial score (nSPS) is 13.2. The van der Waals surface area contributed by atoms with Gasteiger partial charge in [-0.1, -0.05) is 52.5 Å². The van der Waals surface area contributed by atoms with Gasteiger partial charge in [0.15, 0.2) is 11.5 Å². The van der Waals surface area contributed by atoms with Crippen molar-refractivity contribution in [3.63, 3.8) is 0 Å². The number of nitrogens with one attached hydrogen (secondary N) is 1. The van der Waals surface area contributed by atoms with Crippen molar-refractivity contribution in [1.29, 1.82) is 0 Å². The molecule has 220 valence electrons. The van der Waals surface area contributed by atoms with Gasteiger partial charge in [-0.25, -0.2) is 4.79 Å². The summed E-state index contributed by atoms with van der Waals surface area (Å²) in [6.45, 7) is 9.41. The lowest BCUT2D eigenvalue weighted by molar-refractivity contribution is -0.139. The van der Waals surface area contributed by atoms with Crippen molar-refractivity contribution in [2.24, 2.45) is 0 Å². The minimum atomic E-state index is -1.10. The topological polar surface area (TPSA) is 137 Å². The van der Waals surface area contributed by atoms with Gasteiger partial charge < -0.3 is 29.4 Å². The number of carboxylic acids is 1. The summed E-state index contributed by atoms with van der Waals surface area (Å²) in [5, 5.41) is 12.6. The highest BCUT2D eigenvalue weighted by Crippen LogP contribution is 2.30. The van der Waals surface area contributed by atoms with Gasteiger partial charge in [0, 0.05) is 19.4 Å². The van der Waals surface area contributed by atoms with Crippen LogP contribution >= 0.6 is 0 Å². The molecule has 10 heteroatoms. The summed E-state index contributed by atoms with van der Waals surface area (Å²) in [4.78, 5) is 48.4. The maximum absolute atomic E-state index is 12.4. The van der Waals surface area contributed by atoms with Crippen LogP contribution in [0, 0.1) is 0 Å². The fourth-order valence-corrected chi connectivity index (χ4v) is 3.50. The Morgan fingerprint density at radius 3 is 1.92 bits per heavy atom. The van der Waals surface area contributed by atoms with Crippen LogP contribution in [0.5, 0.6) is 11.5 Å². The second-order valence-electron chi connectivity index (χ2n) is 9.66. The third-order valence-corrected chi connectivity index (χ3v) is 5.98. The van der Waals surface area contributed by atoms with E-state index in [-0.39, 0.29) is 43.4 Å². The van der Waals surface area contributed by atoms with E-state index in [1.807, 2.05) is 20.8 Å². The number of aliphatic carboxylic acids is 1. The number of esters is 2. The second-order valence-corrected chi connectivity index (χ2v) is 9.66. The third-order valence-electron chi connectivity index (χ3n) is 5.98. The van der Waals surface area contributed by atoms with Gasteiger partial charge in [0.05, 0.1) is 0 Å². The number of rotatable bonds is 19. The third kappa shape index (κ3) is 14.6. The number of ether oxygens (including phenoxy) is 4. The van der Waals surface area contributed by atoms with Crippen LogP contribution in [0.15, 0.2) is 18.2 Å². The maximum Gasteiger partial charge on any atom is 0.508 e. The number of unbranched alkanes of at least 4 members (excludes halogenated alkanes) is 4. The monoisotopic (exact) mass is 551 g/mol. The van der Waals surface area contributed by atoms with Gasteiger partial charge in [-0.15, -0.1) is 0 Å². The zero-order valence-electron chi connectivity index (χ0n) is 24.0. The molecule has 0 aromatic heterocycles. The van der Waals surface area contributed by atoms with E-state index in [0.717, 1.165) is 25.7 Å². The molecule has 2 unspecified atom stereocenters. The standard InChI is InChI=1S/C29H45NO9/c1-6-9-11-13-26(31)38-24-16-15-22(18-25(24)39-27(32)14-12-10-7-2)17-23(28(33)34)30-19-21(5)37-29(35)36-20(4)8-3/h15-16,18,20-21,23,30H,6-14,17,19H2,1-5H3,(H,33,34)/t20?,21?,23-/m0/s1. The van der Waals surface area contributed by atoms with Crippen molar-refractivity contribution in [2.75, 3.05) is 6.54 Å². The van der Waals surface area contributed by atoms with Crippen molar-refractivity contribution in [2.45, 2.75) is 117 Å². The Balaban J connectivity index is 2.93. The highest BCUT2D eigenvalue weighted by atomic mass is 16.7. The summed E-state index contributed by atoms with van der Waals surface area (Å²) in [7, 11) is 0. The van der Waals surface area contributed by atoms with E-state index < -0.39 is 36.2 Å². The summed E-state index contributed by atoms with van der Waals surface area (Å²) < 4.78 is 21.2. The van der Waals surface area contributed by atoms with Crippen molar-refractivity contribution in [3.8, 4) is 11.5 Å². The van der Waals surface area contributed by atoms with E-state index >= 15 is 0 Å². The molecule has 0 radical (unpaired) electrons. The van der Waals surface area contributed by atoms with Crippen LogP contribution in [0.2, 0.25) is 0 Å². The first-order chi connectivity index (χ1) is 18.6. The molecule has 1 aromatic carbocycles. The molecule has 0 saturated heterocycles. The highest BCUT2D eigenvalue weighted by molar-refractivity contribution is 5.77. The van der Waals surface area contributed by atoms with Crippen LogP contribution in [0.25, 0.3) is 0 Å². The predicted molar refractivity (Wildman–Crippen MR) is 146 cm³/mol. The lowest BCUT2D eigenvalue weighted by Gasteiger charge is -2.20. The molecule has 0 amide bonds. The average molecular weight is 552 g/mol. The number of carbonyl (C=O) groups is 4. The first-order valence-corrected chi connectivity index (χ1v) is 14.0. The van der Waals surface area contributed by atoms with Crippen LogP contribution in [0.1, 0.15) is 98.0 Å². The Hall–Kier alpha value is -3.14. The molecule has 0 fully saturated rings. The largest absolute Gasteiger partial charge is 0.508 e. The first-order valence-electron chi connectivity index (χ1n) is 14.0. The van der Waals surface area contributed by atoms with Crippen LogP contribution in [-0.4, -0.2) is 54.0 Å². The number of hydrogen-bond donors (Lipinski definition) is 2. The SMILES string of the molecule is CCCCCC(=O)Oc1ccc(C[C@H](NCC(C)OC(=O)OC(C)CC)C(=O)O)cc1OC(=O)CCCCC. The second kappa shape index (κ2) is 19.0. The molecule has 1 aromatic rings. The lowest BCUT2D eigenvalue weighted by Crippen LogP contribution is -2.42. The van der Waals surface area contributed by atoms with E-state index in [4.69, 9.17) is 18.9 Å². The predicted octanol–water partition coefficient (Wildman–Crippen LogP) is 5.58. The highest BCUT2D eigenvalue weighted by Gasteiger charge is 2.22. The average Bonchev–Trinajstić information content (AvgIpc) is 2.87. The molecule has 2 N–H and O–H groups in total. The molecule has 39 heavy (non-hydrogen) atoms. The van der Waals surface area contributed by atoms with Gasteiger partial charge in [0.1, 0.15) is 18.2 Å². The Morgan fingerprint density at radius 1 is 0.821 bits per heavy atom. The molecule has 0 spiro atoms. The lowest BCUT2D eigenvalue weighted by atomic mass is 10.0. The molecule has 1 rings (SSSR count). The molecule has 0 heterocycles. The van der Waals surface area contributed by atoms with E-state index in [2.05, 4.69) is 5.32 Å². The van der Waals surface area contributed by atoms with Gasteiger partial charge in [-0.2, -0.15) is 0 Å². The molecule has 3 atom stereocenters. The maximum atomic E-state index is 12.4. The minimum absolute atomic E-state index is 0.0461. The van der Waals surface area contributed by atoms with Gasteiger partial charge >= 0.3 is 24.1 Å². The van der Waals surface area contributed by atoms with Crippen LogP contribution in [0.4, 0.5) is 4.79 Å². The number of carbonyl (C=O) groups excluding carboxylic acids is 3. The molecular formula is C29H45NO9. The summed E-state index contributed by atoms with van der Waals surface area (Å²) in [6, 6.07) is 3.65. The smallest absolute Gasteiger partial charge is 0.480 e. The van der Waals surface area contributed by atoms with E-state index in [9.17, 15) is 24.3 Å². The number of carboxylic acid groups (broad SMARTS) is 1. The quantitative estimate of drug-likeness (QED) is 0.127. The summed E-state index contributed by atoms with van der Waals surface area (Å²) in [5.41, 5.74) is 0.557. The van der Waals surface area contributed by atoms with Crippen molar-refractivity contribution in [3.05, 3.63) is 23.8 Å². The van der Waals surface area contributed by atoms with Gasteiger partial charge in [-0.3, -0.25) is 14.4 Å². The zero-order valence-corrected chi connectivity index (χ0v) is 24.0.